The van der Waals surface area contributed by atoms with Crippen LogP contribution in [0.15, 0.2) is 36.4 Å². The van der Waals surface area contributed by atoms with Crippen LogP contribution in [0.25, 0.3) is 10.1 Å². The molecule has 2 aromatic rings. The van der Waals surface area contributed by atoms with Crippen molar-refractivity contribution >= 4 is 21.4 Å². The van der Waals surface area contributed by atoms with Crippen molar-refractivity contribution < 1.29 is 4.74 Å². The minimum atomic E-state index is 0.256. The Morgan fingerprint density at radius 1 is 1.33 bits per heavy atom. The van der Waals surface area contributed by atoms with E-state index in [-0.39, 0.29) is 5.41 Å². The van der Waals surface area contributed by atoms with Crippen molar-refractivity contribution in [3.05, 3.63) is 46.9 Å². The summed E-state index contributed by atoms with van der Waals surface area (Å²) in [6.07, 6.45) is 7.48. The summed E-state index contributed by atoms with van der Waals surface area (Å²) in [5, 5.41) is 1.48. The molecule has 1 saturated heterocycles. The number of methoxy groups -OCH3 is 1. The van der Waals surface area contributed by atoms with Gasteiger partial charge in [0.2, 0.25) is 0 Å². The van der Waals surface area contributed by atoms with Crippen LogP contribution in [0.2, 0.25) is 0 Å². The maximum Gasteiger partial charge on any atom is 0.0767 e. The molecule has 1 aromatic carbocycles. The molecule has 3 aliphatic rings. The van der Waals surface area contributed by atoms with Crippen LogP contribution < -0.4 is 0 Å². The summed E-state index contributed by atoms with van der Waals surface area (Å²) in [6.45, 7) is 2.34. The van der Waals surface area contributed by atoms with Crippen molar-refractivity contribution in [1.82, 2.24) is 4.90 Å². The van der Waals surface area contributed by atoms with E-state index in [1.54, 1.807) is 10.4 Å². The number of thiophene rings is 1. The van der Waals surface area contributed by atoms with Gasteiger partial charge in [-0.1, -0.05) is 30.4 Å². The second-order valence-electron chi connectivity index (χ2n) is 6.55. The van der Waals surface area contributed by atoms with E-state index in [1.165, 1.54) is 23.1 Å². The van der Waals surface area contributed by atoms with E-state index in [0.29, 0.717) is 12.1 Å². The number of fused-ring (bicyclic) bond motifs is 3. The lowest BCUT2D eigenvalue weighted by molar-refractivity contribution is 0.0762. The molecule has 0 N–H and O–H groups in total. The standard InChI is InChI=1S/C18H19NOS/c1-20-12-6-7-18-8-9-19(16(18)10-12)11-14-13-4-2-3-5-15(13)21-17(14)18/h2-7,12,16H,8-11H2,1H3/t12-,16+,18-/m1/s1. The second kappa shape index (κ2) is 4.19. The van der Waals surface area contributed by atoms with E-state index >= 15 is 0 Å². The Hall–Kier alpha value is -1.16. The molecule has 0 saturated carbocycles. The minimum absolute atomic E-state index is 0.256. The first-order chi connectivity index (χ1) is 10.3. The van der Waals surface area contributed by atoms with Gasteiger partial charge in [-0.15, -0.1) is 11.3 Å². The van der Waals surface area contributed by atoms with E-state index in [4.69, 9.17) is 4.74 Å². The van der Waals surface area contributed by atoms with Gasteiger partial charge in [-0.2, -0.15) is 0 Å². The van der Waals surface area contributed by atoms with Gasteiger partial charge in [0.05, 0.1) is 6.10 Å². The molecule has 1 aliphatic carbocycles. The van der Waals surface area contributed by atoms with E-state index in [1.807, 2.05) is 18.4 Å². The fourth-order valence-corrected chi connectivity index (χ4v) is 6.11. The third kappa shape index (κ3) is 1.49. The molecule has 1 aromatic heterocycles. The first kappa shape index (κ1) is 12.4. The average Bonchev–Trinajstić information content (AvgIpc) is 3.04. The molecule has 2 nitrogen and oxygen atoms in total. The van der Waals surface area contributed by atoms with Gasteiger partial charge in [0.25, 0.3) is 0 Å². The summed E-state index contributed by atoms with van der Waals surface area (Å²) >= 11 is 2.03. The summed E-state index contributed by atoms with van der Waals surface area (Å²) < 4.78 is 7.05. The van der Waals surface area contributed by atoms with Crippen LogP contribution in [0.1, 0.15) is 23.3 Å². The van der Waals surface area contributed by atoms with Crippen LogP contribution in [0.4, 0.5) is 0 Å². The summed E-state index contributed by atoms with van der Waals surface area (Å²) in [4.78, 5) is 4.32. The van der Waals surface area contributed by atoms with Crippen LogP contribution in [0, 0.1) is 0 Å². The van der Waals surface area contributed by atoms with Crippen molar-refractivity contribution in [1.29, 1.82) is 0 Å². The van der Waals surface area contributed by atoms with E-state index in [2.05, 4.69) is 41.3 Å². The smallest absolute Gasteiger partial charge is 0.0767 e. The monoisotopic (exact) mass is 297 g/mol. The summed E-state index contributed by atoms with van der Waals surface area (Å²) in [7, 11) is 1.83. The number of ether oxygens (including phenoxy) is 1. The third-order valence-corrected chi connectivity index (χ3v) is 7.10. The Morgan fingerprint density at radius 2 is 2.24 bits per heavy atom. The van der Waals surface area contributed by atoms with Crippen molar-refractivity contribution in [3.8, 4) is 0 Å². The molecule has 0 spiro atoms. The molecule has 2 bridgehead atoms. The molecule has 2 aliphatic heterocycles. The Kier molecular flexibility index (Phi) is 2.47. The average molecular weight is 297 g/mol. The van der Waals surface area contributed by atoms with Gasteiger partial charge in [0.15, 0.2) is 0 Å². The molecule has 5 rings (SSSR count). The van der Waals surface area contributed by atoms with Gasteiger partial charge in [0.1, 0.15) is 0 Å². The second-order valence-corrected chi connectivity index (χ2v) is 7.60. The summed E-state index contributed by atoms with van der Waals surface area (Å²) in [5.41, 5.74) is 1.84. The maximum atomic E-state index is 5.60. The first-order valence-corrected chi connectivity index (χ1v) is 8.60. The molecule has 1 unspecified atom stereocenters. The molecular formula is C18H19NOS. The maximum absolute atomic E-state index is 5.60. The minimum Gasteiger partial charge on any atom is -0.377 e. The van der Waals surface area contributed by atoms with Gasteiger partial charge >= 0.3 is 0 Å². The molecule has 4 atom stereocenters. The molecule has 0 amide bonds. The normalized spacial score (nSPS) is 36.7. The quantitative estimate of drug-likeness (QED) is 0.744. The van der Waals surface area contributed by atoms with Crippen molar-refractivity contribution in [2.45, 2.75) is 36.9 Å². The molecule has 3 heteroatoms. The lowest BCUT2D eigenvalue weighted by atomic mass is 9.70. The SMILES string of the molecule is CO[C@@H]1C=C[C@]23CCN(Cc4c2sc2ccccc42)[C@H]3C1. The predicted octanol–water partition coefficient (Wildman–Crippen LogP) is 3.70. The van der Waals surface area contributed by atoms with Crippen LogP contribution >= 0.6 is 11.3 Å². The van der Waals surface area contributed by atoms with Crippen molar-refractivity contribution in [2.24, 2.45) is 0 Å². The highest BCUT2D eigenvalue weighted by Crippen LogP contribution is 2.55. The molecule has 108 valence electrons. The van der Waals surface area contributed by atoms with Gasteiger partial charge in [-0.05, 0) is 29.9 Å². The van der Waals surface area contributed by atoms with Crippen LogP contribution in [0.5, 0.6) is 0 Å². The Balaban J connectivity index is 1.76. The molecule has 21 heavy (non-hydrogen) atoms. The number of nitrogens with zero attached hydrogens (tertiary/aromatic N) is 1. The Labute approximate surface area is 129 Å². The van der Waals surface area contributed by atoms with Crippen LogP contribution in [0.3, 0.4) is 0 Å². The predicted molar refractivity (Wildman–Crippen MR) is 86.9 cm³/mol. The van der Waals surface area contributed by atoms with E-state index < -0.39 is 0 Å². The lowest BCUT2D eigenvalue weighted by Crippen LogP contribution is -2.48. The summed E-state index contributed by atoms with van der Waals surface area (Å²) in [5.74, 6) is 0. The van der Waals surface area contributed by atoms with Gasteiger partial charge in [-0.25, -0.2) is 0 Å². The highest BCUT2D eigenvalue weighted by Gasteiger charge is 2.54. The number of rotatable bonds is 1. The molecule has 3 heterocycles. The third-order valence-electron chi connectivity index (χ3n) is 5.70. The Morgan fingerprint density at radius 3 is 3.14 bits per heavy atom. The first-order valence-electron chi connectivity index (χ1n) is 7.79. The Bertz CT molecular complexity index is 749. The fraction of sp³-hybridized carbons (Fsp3) is 0.444. The highest BCUT2D eigenvalue weighted by atomic mass is 32.1. The topological polar surface area (TPSA) is 12.5 Å². The molecular weight excluding hydrogens is 278 g/mol. The van der Waals surface area contributed by atoms with Crippen LogP contribution in [-0.4, -0.2) is 30.7 Å². The molecule has 0 radical (unpaired) electrons. The number of hydrogen-bond donors (Lipinski definition) is 0. The number of benzene rings is 1. The van der Waals surface area contributed by atoms with E-state index in [0.717, 1.165) is 13.0 Å². The fourth-order valence-electron chi connectivity index (χ4n) is 4.65. The van der Waals surface area contributed by atoms with Crippen molar-refractivity contribution in [3.63, 3.8) is 0 Å². The number of hydrogen-bond acceptors (Lipinski definition) is 3. The largest absolute Gasteiger partial charge is 0.377 e. The zero-order chi connectivity index (χ0) is 14.0. The zero-order valence-electron chi connectivity index (χ0n) is 12.2. The summed E-state index contributed by atoms with van der Waals surface area (Å²) in [6, 6.07) is 9.54. The zero-order valence-corrected chi connectivity index (χ0v) is 13.0. The van der Waals surface area contributed by atoms with Gasteiger partial charge in [-0.3, -0.25) is 4.90 Å². The van der Waals surface area contributed by atoms with Crippen LogP contribution in [-0.2, 0) is 16.7 Å². The van der Waals surface area contributed by atoms with Gasteiger partial charge in [0, 0.05) is 41.2 Å². The molecule has 1 fully saturated rings. The lowest BCUT2D eigenvalue weighted by Gasteiger charge is -2.44. The highest BCUT2D eigenvalue weighted by molar-refractivity contribution is 7.19. The van der Waals surface area contributed by atoms with E-state index in [9.17, 15) is 0 Å². The van der Waals surface area contributed by atoms with Gasteiger partial charge < -0.3 is 4.74 Å². The van der Waals surface area contributed by atoms with Crippen molar-refractivity contribution in [2.75, 3.05) is 13.7 Å².